The Labute approximate surface area is 161 Å². The Hall–Kier alpha value is -2.22. The maximum absolute atomic E-state index is 12.8. The number of nitrogens with zero attached hydrogens (tertiary/aromatic N) is 4. The van der Waals surface area contributed by atoms with Crippen LogP contribution in [0.4, 0.5) is 13.2 Å². The van der Waals surface area contributed by atoms with Crippen molar-refractivity contribution in [2.45, 2.75) is 6.18 Å². The second-order valence-corrected chi connectivity index (χ2v) is 7.62. The van der Waals surface area contributed by atoms with Gasteiger partial charge in [-0.1, -0.05) is 22.9 Å². The zero-order valence-electron chi connectivity index (χ0n) is 13.2. The average Bonchev–Trinajstić information content (AvgIpc) is 3.23. The Balaban J connectivity index is 1.74. The SMILES string of the molecule is Oc1cc(Cl)c(-c2nnc(-c3cn4cc(C(F)(F)F)ccc4n3)s2)cc1P. The quantitative estimate of drug-likeness (QED) is 0.481. The lowest BCUT2D eigenvalue weighted by molar-refractivity contribution is -0.137. The highest BCUT2D eigenvalue weighted by atomic mass is 35.5. The molecule has 138 valence electrons. The molecule has 0 aliphatic heterocycles. The number of hydrogen-bond acceptors (Lipinski definition) is 5. The van der Waals surface area contributed by atoms with Crippen molar-refractivity contribution in [2.75, 3.05) is 0 Å². The summed E-state index contributed by atoms with van der Waals surface area (Å²) in [6.07, 6.45) is -1.99. The van der Waals surface area contributed by atoms with Gasteiger partial charge in [0.1, 0.15) is 22.1 Å². The molecule has 0 spiro atoms. The largest absolute Gasteiger partial charge is 0.507 e. The molecule has 5 nitrogen and oxygen atoms in total. The average molecular weight is 429 g/mol. The summed E-state index contributed by atoms with van der Waals surface area (Å²) >= 11 is 7.36. The molecule has 0 amide bonds. The maximum atomic E-state index is 12.8. The lowest BCUT2D eigenvalue weighted by atomic mass is 10.2. The molecular formula is C16H9ClF3N4OPS. The number of phenolic OH excluding ortho intramolecular Hbond substituents is 1. The fourth-order valence-corrected chi connectivity index (χ4v) is 3.82. The number of imidazole rings is 1. The number of fused-ring (bicyclic) bond motifs is 1. The van der Waals surface area contributed by atoms with Crippen LogP contribution in [0.15, 0.2) is 36.7 Å². The smallest absolute Gasteiger partial charge is 0.417 e. The number of benzene rings is 1. The zero-order valence-corrected chi connectivity index (χ0v) is 15.9. The second-order valence-electron chi connectivity index (χ2n) is 5.61. The van der Waals surface area contributed by atoms with Crippen LogP contribution >= 0.6 is 32.2 Å². The van der Waals surface area contributed by atoms with Crippen molar-refractivity contribution in [1.29, 1.82) is 0 Å². The summed E-state index contributed by atoms with van der Waals surface area (Å²) < 4.78 is 39.8. The molecule has 0 aliphatic rings. The first kappa shape index (κ1) is 18.2. The number of phenols is 1. The van der Waals surface area contributed by atoms with Gasteiger partial charge in [-0.3, -0.25) is 0 Å². The van der Waals surface area contributed by atoms with Crippen LogP contribution in [0.3, 0.4) is 0 Å². The van der Waals surface area contributed by atoms with Gasteiger partial charge >= 0.3 is 6.18 Å². The Morgan fingerprint density at radius 3 is 2.59 bits per heavy atom. The highest BCUT2D eigenvalue weighted by Crippen LogP contribution is 2.35. The van der Waals surface area contributed by atoms with E-state index in [4.69, 9.17) is 11.6 Å². The summed E-state index contributed by atoms with van der Waals surface area (Å²) in [5.41, 5.74) is 0.593. The number of pyridine rings is 1. The van der Waals surface area contributed by atoms with Gasteiger partial charge in [-0.15, -0.1) is 19.4 Å². The molecule has 4 rings (SSSR count). The topological polar surface area (TPSA) is 63.3 Å². The van der Waals surface area contributed by atoms with E-state index in [-0.39, 0.29) is 5.75 Å². The van der Waals surface area contributed by atoms with Gasteiger partial charge in [0, 0.05) is 23.3 Å². The summed E-state index contributed by atoms with van der Waals surface area (Å²) in [7, 11) is 2.39. The lowest BCUT2D eigenvalue weighted by Crippen LogP contribution is -2.05. The summed E-state index contributed by atoms with van der Waals surface area (Å²) in [6, 6.07) is 5.34. The monoisotopic (exact) mass is 428 g/mol. The molecule has 1 atom stereocenters. The van der Waals surface area contributed by atoms with Crippen LogP contribution in [0.5, 0.6) is 5.75 Å². The molecule has 0 aliphatic carbocycles. The van der Waals surface area contributed by atoms with Crippen molar-refractivity contribution in [3.8, 4) is 27.0 Å². The van der Waals surface area contributed by atoms with E-state index in [2.05, 4.69) is 24.4 Å². The summed E-state index contributed by atoms with van der Waals surface area (Å²) in [4.78, 5) is 4.29. The van der Waals surface area contributed by atoms with Gasteiger partial charge in [-0.05, 0) is 24.3 Å². The minimum atomic E-state index is -4.43. The third kappa shape index (κ3) is 3.38. The first-order chi connectivity index (χ1) is 12.7. The molecule has 0 radical (unpaired) electrons. The van der Waals surface area contributed by atoms with Crippen LogP contribution in [-0.4, -0.2) is 24.7 Å². The molecule has 3 aromatic heterocycles. The van der Waals surface area contributed by atoms with Gasteiger partial charge in [-0.2, -0.15) is 13.2 Å². The van der Waals surface area contributed by atoms with E-state index in [1.54, 1.807) is 6.07 Å². The highest BCUT2D eigenvalue weighted by molar-refractivity contribution is 7.27. The van der Waals surface area contributed by atoms with Gasteiger partial charge < -0.3 is 9.51 Å². The van der Waals surface area contributed by atoms with Crippen LogP contribution < -0.4 is 5.30 Å². The van der Waals surface area contributed by atoms with Crippen molar-refractivity contribution in [3.63, 3.8) is 0 Å². The molecule has 1 N–H and O–H groups in total. The summed E-state index contributed by atoms with van der Waals surface area (Å²) in [6.45, 7) is 0. The van der Waals surface area contributed by atoms with Crippen molar-refractivity contribution in [1.82, 2.24) is 19.6 Å². The van der Waals surface area contributed by atoms with Gasteiger partial charge in [0.25, 0.3) is 0 Å². The predicted molar refractivity (Wildman–Crippen MR) is 101 cm³/mol. The van der Waals surface area contributed by atoms with E-state index in [1.165, 1.54) is 34.1 Å². The minimum absolute atomic E-state index is 0.0410. The second kappa shape index (κ2) is 6.44. The first-order valence-corrected chi connectivity index (χ1v) is 9.18. The van der Waals surface area contributed by atoms with Crippen LogP contribution in [0.2, 0.25) is 5.02 Å². The number of halogens is 4. The molecule has 0 saturated carbocycles. The molecule has 1 unspecified atom stereocenters. The van der Waals surface area contributed by atoms with E-state index in [9.17, 15) is 18.3 Å². The standard InChI is InChI=1S/C16H9ClF3N4OPS/c17-9-4-11(25)12(26)3-8(9)14-22-23-15(27-14)10-6-24-5-7(16(18,19)20)1-2-13(24)21-10/h1-6,25H,26H2. The lowest BCUT2D eigenvalue weighted by Gasteiger charge is -2.05. The number of rotatable bonds is 2. The Kier molecular flexibility index (Phi) is 4.33. The van der Waals surface area contributed by atoms with Crippen LogP contribution in [0.1, 0.15) is 5.56 Å². The van der Waals surface area contributed by atoms with E-state index >= 15 is 0 Å². The number of aromatic nitrogens is 4. The maximum Gasteiger partial charge on any atom is 0.417 e. The molecule has 0 saturated heterocycles. The van der Waals surface area contributed by atoms with Crippen LogP contribution in [0, 0.1) is 0 Å². The van der Waals surface area contributed by atoms with Crippen LogP contribution in [-0.2, 0) is 6.18 Å². The van der Waals surface area contributed by atoms with E-state index in [1.807, 2.05) is 0 Å². The fraction of sp³-hybridized carbons (Fsp3) is 0.0625. The zero-order chi connectivity index (χ0) is 19.3. The van der Waals surface area contributed by atoms with E-state index in [0.29, 0.717) is 37.2 Å². The normalized spacial score (nSPS) is 12.0. The van der Waals surface area contributed by atoms with E-state index < -0.39 is 11.7 Å². The van der Waals surface area contributed by atoms with E-state index in [0.717, 1.165) is 12.3 Å². The highest BCUT2D eigenvalue weighted by Gasteiger charge is 2.31. The third-order valence-corrected chi connectivity index (χ3v) is 5.52. The number of alkyl halides is 3. The van der Waals surface area contributed by atoms with Gasteiger partial charge in [-0.25, -0.2) is 4.98 Å². The number of aromatic hydroxyl groups is 1. The van der Waals surface area contributed by atoms with Crippen molar-refractivity contribution < 1.29 is 18.3 Å². The van der Waals surface area contributed by atoms with Gasteiger partial charge in [0.15, 0.2) is 5.01 Å². The Bertz CT molecular complexity index is 1170. The molecule has 3 heterocycles. The minimum Gasteiger partial charge on any atom is -0.507 e. The fourth-order valence-electron chi connectivity index (χ4n) is 2.44. The molecule has 1 aromatic carbocycles. The van der Waals surface area contributed by atoms with Gasteiger partial charge in [0.05, 0.1) is 10.6 Å². The molecule has 0 bridgehead atoms. The van der Waals surface area contributed by atoms with Crippen molar-refractivity contribution in [3.05, 3.63) is 47.2 Å². The molecular weight excluding hydrogens is 420 g/mol. The third-order valence-electron chi connectivity index (χ3n) is 3.77. The first-order valence-electron chi connectivity index (χ1n) is 7.40. The molecule has 4 aromatic rings. The molecule has 27 heavy (non-hydrogen) atoms. The van der Waals surface area contributed by atoms with Crippen molar-refractivity contribution >= 4 is 43.1 Å². The van der Waals surface area contributed by atoms with Gasteiger partial charge in [0.2, 0.25) is 0 Å². The van der Waals surface area contributed by atoms with Crippen LogP contribution in [0.25, 0.3) is 26.9 Å². The predicted octanol–water partition coefficient (Wildman–Crippen LogP) is 4.40. The summed E-state index contributed by atoms with van der Waals surface area (Å²) in [5.74, 6) is 0.0410. The molecule has 0 fully saturated rings. The van der Waals surface area contributed by atoms with Crippen molar-refractivity contribution in [2.24, 2.45) is 0 Å². The number of hydrogen-bond donors (Lipinski definition) is 1. The summed E-state index contributed by atoms with van der Waals surface area (Å²) in [5, 5.41) is 19.6. The molecule has 11 heteroatoms. The Morgan fingerprint density at radius 2 is 1.85 bits per heavy atom. The Morgan fingerprint density at radius 1 is 1.11 bits per heavy atom.